The molecule has 1 fully saturated rings. The first kappa shape index (κ1) is 17.3. The molecule has 0 radical (unpaired) electrons. The van der Waals surface area contributed by atoms with E-state index >= 15 is 0 Å². The Bertz CT molecular complexity index is 601. The van der Waals surface area contributed by atoms with Crippen LogP contribution in [0.3, 0.4) is 0 Å². The van der Waals surface area contributed by atoms with E-state index in [4.69, 9.17) is 12.2 Å². The number of thiocarbonyl (C=S) groups is 1. The van der Waals surface area contributed by atoms with Crippen molar-refractivity contribution in [3.63, 3.8) is 0 Å². The molecule has 0 saturated heterocycles. The summed E-state index contributed by atoms with van der Waals surface area (Å²) in [5.74, 6) is 0.614. The summed E-state index contributed by atoms with van der Waals surface area (Å²) >= 11 is 5.29. The predicted octanol–water partition coefficient (Wildman–Crippen LogP) is 3.36. The summed E-state index contributed by atoms with van der Waals surface area (Å²) in [4.78, 5) is 10.2. The van der Waals surface area contributed by atoms with Gasteiger partial charge in [0.15, 0.2) is 5.11 Å². The van der Waals surface area contributed by atoms with Gasteiger partial charge in [-0.15, -0.1) is 0 Å². The van der Waals surface area contributed by atoms with Crippen LogP contribution in [-0.2, 0) is 0 Å². The lowest BCUT2D eigenvalue weighted by atomic mass is 9.86. The summed E-state index contributed by atoms with van der Waals surface area (Å²) in [6.07, 6.45) is 4.88. The molecule has 2 atom stereocenters. The fraction of sp³-hybridized carbons (Fsp3) is 0.500. The molecule has 1 aromatic rings. The molecule has 2 rings (SSSR count). The van der Waals surface area contributed by atoms with Crippen LogP contribution < -0.4 is 10.7 Å². The lowest BCUT2D eigenvalue weighted by Gasteiger charge is -2.30. The molecule has 6 nitrogen and oxygen atoms in total. The van der Waals surface area contributed by atoms with Crippen LogP contribution in [0.25, 0.3) is 0 Å². The molecule has 0 bridgehead atoms. The van der Waals surface area contributed by atoms with E-state index in [1.807, 2.05) is 6.92 Å². The van der Waals surface area contributed by atoms with E-state index in [-0.39, 0.29) is 5.69 Å². The lowest BCUT2D eigenvalue weighted by molar-refractivity contribution is -0.384. The third kappa shape index (κ3) is 4.99. The van der Waals surface area contributed by atoms with Crippen LogP contribution in [0.4, 0.5) is 5.69 Å². The second-order valence-corrected chi connectivity index (χ2v) is 6.36. The molecule has 1 saturated carbocycles. The summed E-state index contributed by atoms with van der Waals surface area (Å²) in [6.45, 7) is 4.07. The number of hydrazone groups is 1. The second-order valence-electron chi connectivity index (χ2n) is 5.95. The van der Waals surface area contributed by atoms with Gasteiger partial charge in [0.25, 0.3) is 5.69 Å². The molecule has 0 aliphatic heterocycles. The van der Waals surface area contributed by atoms with Crippen molar-refractivity contribution in [2.24, 2.45) is 11.0 Å². The number of benzene rings is 1. The van der Waals surface area contributed by atoms with Crippen molar-refractivity contribution in [2.75, 3.05) is 0 Å². The zero-order valence-electron chi connectivity index (χ0n) is 13.4. The monoisotopic (exact) mass is 334 g/mol. The van der Waals surface area contributed by atoms with Crippen LogP contribution in [-0.4, -0.2) is 21.8 Å². The number of hydrogen-bond acceptors (Lipinski definition) is 4. The maximum Gasteiger partial charge on any atom is 0.269 e. The summed E-state index contributed by atoms with van der Waals surface area (Å²) in [6, 6.07) is 6.69. The number of non-ortho nitro benzene ring substituents is 1. The minimum atomic E-state index is -0.418. The number of nitro groups is 1. The Morgan fingerprint density at radius 2 is 1.96 bits per heavy atom. The van der Waals surface area contributed by atoms with Crippen molar-refractivity contribution < 1.29 is 4.92 Å². The third-order valence-corrected chi connectivity index (χ3v) is 4.46. The molecule has 0 heterocycles. The van der Waals surface area contributed by atoms with Crippen LogP contribution in [0.1, 0.15) is 45.1 Å². The minimum absolute atomic E-state index is 0.0676. The molecule has 0 amide bonds. The molecule has 0 spiro atoms. The molecule has 2 N–H and O–H groups in total. The van der Waals surface area contributed by atoms with Gasteiger partial charge in [-0.2, -0.15) is 5.10 Å². The Labute approximate surface area is 141 Å². The fourth-order valence-corrected chi connectivity index (χ4v) is 2.95. The van der Waals surface area contributed by atoms with Gasteiger partial charge in [0, 0.05) is 18.2 Å². The Morgan fingerprint density at radius 3 is 2.57 bits per heavy atom. The molecule has 1 aliphatic carbocycles. The maximum absolute atomic E-state index is 10.7. The number of hydrogen-bond donors (Lipinski definition) is 2. The van der Waals surface area contributed by atoms with Crippen LogP contribution >= 0.6 is 12.2 Å². The molecule has 124 valence electrons. The van der Waals surface area contributed by atoms with Crippen LogP contribution in [0.2, 0.25) is 0 Å². The minimum Gasteiger partial charge on any atom is -0.358 e. The summed E-state index contributed by atoms with van der Waals surface area (Å²) in [5, 5.41) is 18.7. The molecular weight excluding hydrogens is 312 g/mol. The van der Waals surface area contributed by atoms with E-state index in [1.54, 1.807) is 12.1 Å². The van der Waals surface area contributed by atoms with Crippen molar-refractivity contribution in [3.8, 4) is 0 Å². The Balaban J connectivity index is 1.90. The van der Waals surface area contributed by atoms with E-state index in [2.05, 4.69) is 22.8 Å². The van der Waals surface area contributed by atoms with Crippen LogP contribution in [0, 0.1) is 16.0 Å². The van der Waals surface area contributed by atoms with Gasteiger partial charge in [-0.3, -0.25) is 15.5 Å². The maximum atomic E-state index is 10.7. The van der Waals surface area contributed by atoms with Gasteiger partial charge in [-0.25, -0.2) is 0 Å². The van der Waals surface area contributed by atoms with E-state index in [0.717, 1.165) is 17.7 Å². The van der Waals surface area contributed by atoms with Gasteiger partial charge in [-0.1, -0.05) is 19.8 Å². The highest BCUT2D eigenvalue weighted by Crippen LogP contribution is 2.23. The van der Waals surface area contributed by atoms with Crippen molar-refractivity contribution in [1.82, 2.24) is 10.7 Å². The number of nitrogens with one attached hydrogen (secondary N) is 2. The summed E-state index contributed by atoms with van der Waals surface area (Å²) in [5.41, 5.74) is 4.47. The first-order chi connectivity index (χ1) is 11.0. The SMILES string of the molecule is C/C(=N/NC(=S)N[C@@H]1CCCC[C@H]1C)c1ccc([N+](=O)[O-])cc1. The van der Waals surface area contributed by atoms with Gasteiger partial charge in [0.2, 0.25) is 0 Å². The topological polar surface area (TPSA) is 79.6 Å². The number of rotatable bonds is 4. The normalized spacial score (nSPS) is 21.6. The highest BCUT2D eigenvalue weighted by atomic mass is 32.1. The Hall–Kier alpha value is -2.02. The molecule has 0 unspecified atom stereocenters. The molecule has 23 heavy (non-hydrogen) atoms. The predicted molar refractivity (Wildman–Crippen MR) is 95.6 cm³/mol. The molecule has 0 aromatic heterocycles. The van der Waals surface area contributed by atoms with Crippen LogP contribution in [0.5, 0.6) is 0 Å². The third-order valence-electron chi connectivity index (χ3n) is 4.25. The first-order valence-electron chi connectivity index (χ1n) is 7.83. The highest BCUT2D eigenvalue weighted by molar-refractivity contribution is 7.80. The largest absolute Gasteiger partial charge is 0.358 e. The molecular formula is C16H22N4O2S. The number of nitro benzene ring substituents is 1. The molecule has 1 aromatic carbocycles. The van der Waals surface area contributed by atoms with E-state index in [1.165, 1.54) is 31.4 Å². The first-order valence-corrected chi connectivity index (χ1v) is 8.24. The van der Waals surface area contributed by atoms with Crippen molar-refractivity contribution in [1.29, 1.82) is 0 Å². The molecule has 1 aliphatic rings. The average molecular weight is 334 g/mol. The Kier molecular flexibility index (Phi) is 6.04. The number of nitrogens with zero attached hydrogens (tertiary/aromatic N) is 2. The van der Waals surface area contributed by atoms with Crippen molar-refractivity contribution in [2.45, 2.75) is 45.6 Å². The quantitative estimate of drug-likeness (QED) is 0.382. The van der Waals surface area contributed by atoms with E-state index in [9.17, 15) is 10.1 Å². The fourth-order valence-electron chi connectivity index (χ4n) is 2.75. The van der Waals surface area contributed by atoms with Crippen molar-refractivity contribution >= 4 is 28.7 Å². The smallest absolute Gasteiger partial charge is 0.269 e. The average Bonchev–Trinajstić information content (AvgIpc) is 2.55. The second kappa shape index (κ2) is 8.01. The van der Waals surface area contributed by atoms with Gasteiger partial charge in [-0.05, 0) is 55.6 Å². The zero-order valence-corrected chi connectivity index (χ0v) is 14.2. The standard InChI is InChI=1S/C16H22N4O2S/c1-11-5-3-4-6-15(11)17-16(23)19-18-12(2)13-7-9-14(10-8-13)20(21)22/h7-11,15H,3-6H2,1-2H3,(H2,17,19,23)/b18-12-/t11-,15-/m1/s1. The van der Waals surface area contributed by atoms with Gasteiger partial charge >= 0.3 is 0 Å². The van der Waals surface area contributed by atoms with Gasteiger partial charge < -0.3 is 5.32 Å². The van der Waals surface area contributed by atoms with Crippen molar-refractivity contribution in [3.05, 3.63) is 39.9 Å². The Morgan fingerprint density at radius 1 is 1.30 bits per heavy atom. The van der Waals surface area contributed by atoms with E-state index < -0.39 is 4.92 Å². The molecule has 7 heteroatoms. The summed E-state index contributed by atoms with van der Waals surface area (Å²) < 4.78 is 0. The zero-order chi connectivity index (χ0) is 16.8. The van der Waals surface area contributed by atoms with Crippen LogP contribution in [0.15, 0.2) is 29.4 Å². The highest BCUT2D eigenvalue weighted by Gasteiger charge is 2.21. The van der Waals surface area contributed by atoms with E-state index in [0.29, 0.717) is 17.1 Å². The van der Waals surface area contributed by atoms with Gasteiger partial charge in [0.05, 0.1) is 10.6 Å². The van der Waals surface area contributed by atoms with Gasteiger partial charge in [0.1, 0.15) is 0 Å². The lowest BCUT2D eigenvalue weighted by Crippen LogP contribution is -2.44. The summed E-state index contributed by atoms with van der Waals surface area (Å²) in [7, 11) is 0.